The van der Waals surface area contributed by atoms with Crippen molar-refractivity contribution in [3.63, 3.8) is 0 Å². The molecular formula is C13H10ClF3N2OS. The first-order valence-corrected chi connectivity index (χ1v) is 6.95. The summed E-state index contributed by atoms with van der Waals surface area (Å²) in [6.45, 7) is 3.04. The summed E-state index contributed by atoms with van der Waals surface area (Å²) >= 11 is 6.72. The fourth-order valence-electron chi connectivity index (χ4n) is 1.83. The molecule has 1 aromatic carbocycles. The number of carbonyl (C=O) groups is 1. The molecule has 2 rings (SSSR count). The Balaban J connectivity index is 2.41. The van der Waals surface area contributed by atoms with Gasteiger partial charge in [-0.3, -0.25) is 4.79 Å². The number of nitrogens with zero attached hydrogens (tertiary/aromatic N) is 1. The van der Waals surface area contributed by atoms with Gasteiger partial charge in [0.25, 0.3) is 0 Å². The first kappa shape index (κ1) is 15.8. The number of rotatable bonds is 3. The van der Waals surface area contributed by atoms with Crippen molar-refractivity contribution in [3.8, 4) is 0 Å². The Hall–Kier alpha value is -1.60. The minimum Gasteiger partial charge on any atom is -0.345 e. The number of benzene rings is 1. The van der Waals surface area contributed by atoms with Crippen LogP contribution in [0.5, 0.6) is 0 Å². The molecule has 0 radical (unpaired) electrons. The van der Waals surface area contributed by atoms with E-state index >= 15 is 0 Å². The number of ketones is 1. The molecule has 3 nitrogen and oxygen atoms in total. The lowest BCUT2D eigenvalue weighted by Gasteiger charge is -2.11. The predicted octanol–water partition coefficient (Wildman–Crippen LogP) is 5.07. The van der Waals surface area contributed by atoms with Crippen LogP contribution in [0.15, 0.2) is 18.2 Å². The van der Waals surface area contributed by atoms with Crippen LogP contribution in [0.4, 0.5) is 23.9 Å². The highest BCUT2D eigenvalue weighted by Gasteiger charge is 2.31. The van der Waals surface area contributed by atoms with E-state index in [1.54, 1.807) is 6.92 Å². The van der Waals surface area contributed by atoms with Crippen molar-refractivity contribution < 1.29 is 18.0 Å². The third-order valence-corrected chi connectivity index (χ3v) is 3.77. The van der Waals surface area contributed by atoms with Crippen molar-refractivity contribution in [2.75, 3.05) is 5.32 Å². The summed E-state index contributed by atoms with van der Waals surface area (Å²) in [6, 6.07) is 3.14. The van der Waals surface area contributed by atoms with Crippen molar-refractivity contribution in [2.24, 2.45) is 0 Å². The molecule has 112 valence electrons. The first-order valence-electron chi connectivity index (χ1n) is 5.80. The van der Waals surface area contributed by atoms with Crippen molar-refractivity contribution in [1.29, 1.82) is 0 Å². The zero-order valence-corrected chi connectivity index (χ0v) is 12.6. The molecule has 0 spiro atoms. The summed E-state index contributed by atoms with van der Waals surface area (Å²) in [5, 5.41) is 3.13. The molecule has 0 fully saturated rings. The molecule has 2 aromatic rings. The van der Waals surface area contributed by atoms with Gasteiger partial charge in [0.2, 0.25) is 0 Å². The Bertz CT molecular complexity index is 697. The second-order valence-electron chi connectivity index (χ2n) is 4.38. The van der Waals surface area contributed by atoms with Gasteiger partial charge in [-0.05, 0) is 43.6 Å². The molecule has 0 aliphatic carbocycles. The van der Waals surface area contributed by atoms with Gasteiger partial charge in [0.05, 0.1) is 16.8 Å². The summed E-state index contributed by atoms with van der Waals surface area (Å²) in [4.78, 5) is 11.6. The maximum Gasteiger partial charge on any atom is 0.416 e. The molecular weight excluding hydrogens is 325 g/mol. The maximum absolute atomic E-state index is 12.7. The molecule has 0 saturated heterocycles. The first-order chi connectivity index (χ1) is 9.68. The minimum absolute atomic E-state index is 0.0436. The SMILES string of the molecule is CC(=O)c1c(C)nsc1Nc1cc(Cl)cc(C(F)(F)F)c1. The smallest absolute Gasteiger partial charge is 0.345 e. The number of carbonyl (C=O) groups excluding carboxylic acids is 1. The van der Waals surface area contributed by atoms with Crippen LogP contribution >= 0.6 is 23.1 Å². The Labute approximate surface area is 127 Å². The van der Waals surface area contributed by atoms with Gasteiger partial charge >= 0.3 is 6.18 Å². The predicted molar refractivity (Wildman–Crippen MR) is 76.6 cm³/mol. The molecule has 1 aromatic heterocycles. The summed E-state index contributed by atoms with van der Waals surface area (Å²) in [7, 11) is 0. The van der Waals surface area contributed by atoms with Gasteiger partial charge in [0.15, 0.2) is 5.78 Å². The number of hydrogen-bond donors (Lipinski definition) is 1. The Morgan fingerprint density at radius 1 is 1.33 bits per heavy atom. The van der Waals surface area contributed by atoms with Crippen LogP contribution in [0, 0.1) is 6.92 Å². The lowest BCUT2D eigenvalue weighted by atomic mass is 10.1. The second-order valence-corrected chi connectivity index (χ2v) is 5.59. The highest BCUT2D eigenvalue weighted by atomic mass is 35.5. The van der Waals surface area contributed by atoms with Gasteiger partial charge in [-0.25, -0.2) is 0 Å². The second kappa shape index (κ2) is 5.65. The number of anilines is 2. The number of alkyl halides is 3. The standard InChI is InChI=1S/C13H10ClF3N2OS/c1-6-11(7(2)20)12(21-19-6)18-10-4-8(13(15,16)17)3-9(14)5-10/h3-5,18H,1-2H3. The molecule has 1 N–H and O–H groups in total. The lowest BCUT2D eigenvalue weighted by molar-refractivity contribution is -0.137. The fourth-order valence-corrected chi connectivity index (χ4v) is 2.93. The van der Waals surface area contributed by atoms with Crippen LogP contribution in [0.3, 0.4) is 0 Å². The molecule has 21 heavy (non-hydrogen) atoms. The van der Waals surface area contributed by atoms with Crippen molar-refractivity contribution in [3.05, 3.63) is 40.0 Å². The van der Waals surface area contributed by atoms with Crippen LogP contribution in [-0.4, -0.2) is 10.2 Å². The third kappa shape index (κ3) is 3.54. The summed E-state index contributed by atoms with van der Waals surface area (Å²) in [5.74, 6) is -0.207. The number of Topliss-reactive ketones (excluding diaryl/α,β-unsaturated/α-hetero) is 1. The number of hydrogen-bond acceptors (Lipinski definition) is 4. The molecule has 0 aliphatic rings. The molecule has 0 atom stereocenters. The Morgan fingerprint density at radius 2 is 2.00 bits per heavy atom. The molecule has 0 aliphatic heterocycles. The van der Waals surface area contributed by atoms with E-state index in [0.717, 1.165) is 23.7 Å². The quantitative estimate of drug-likeness (QED) is 0.797. The zero-order chi connectivity index (χ0) is 15.8. The fraction of sp³-hybridized carbons (Fsp3) is 0.231. The summed E-state index contributed by atoms with van der Waals surface area (Å²) in [6.07, 6.45) is -4.49. The molecule has 0 bridgehead atoms. The van der Waals surface area contributed by atoms with Gasteiger partial charge in [-0.1, -0.05) is 11.6 Å². The number of aromatic nitrogens is 1. The van der Waals surface area contributed by atoms with Crippen LogP contribution in [0.2, 0.25) is 5.02 Å². The molecule has 0 saturated carbocycles. The van der Waals surface area contributed by atoms with E-state index in [1.807, 2.05) is 0 Å². The van der Waals surface area contributed by atoms with Gasteiger partial charge < -0.3 is 5.32 Å². The normalized spacial score (nSPS) is 11.5. The molecule has 1 heterocycles. The third-order valence-electron chi connectivity index (χ3n) is 2.70. The highest BCUT2D eigenvalue weighted by Crippen LogP contribution is 2.35. The lowest BCUT2D eigenvalue weighted by Crippen LogP contribution is -2.06. The summed E-state index contributed by atoms with van der Waals surface area (Å²) in [5.41, 5.74) is 0.200. The summed E-state index contributed by atoms with van der Waals surface area (Å²) < 4.78 is 42.3. The average molecular weight is 335 g/mol. The molecule has 0 unspecified atom stereocenters. The van der Waals surface area contributed by atoms with Crippen LogP contribution in [0.25, 0.3) is 0 Å². The Morgan fingerprint density at radius 3 is 2.57 bits per heavy atom. The van der Waals surface area contributed by atoms with E-state index < -0.39 is 11.7 Å². The maximum atomic E-state index is 12.7. The average Bonchev–Trinajstić information content (AvgIpc) is 2.68. The van der Waals surface area contributed by atoms with Gasteiger partial charge in [0, 0.05) is 10.7 Å². The van der Waals surface area contributed by atoms with Crippen LogP contribution in [-0.2, 0) is 6.18 Å². The minimum atomic E-state index is -4.49. The number of halogens is 4. The van der Waals surface area contributed by atoms with Gasteiger partial charge in [0.1, 0.15) is 5.00 Å². The van der Waals surface area contributed by atoms with E-state index in [9.17, 15) is 18.0 Å². The van der Waals surface area contributed by atoms with Crippen molar-refractivity contribution in [2.45, 2.75) is 20.0 Å². The van der Waals surface area contributed by atoms with Crippen LogP contribution < -0.4 is 5.32 Å². The van der Waals surface area contributed by atoms with E-state index in [2.05, 4.69) is 9.69 Å². The topological polar surface area (TPSA) is 42.0 Å². The number of aryl methyl sites for hydroxylation is 1. The molecule has 8 heteroatoms. The largest absolute Gasteiger partial charge is 0.416 e. The van der Waals surface area contributed by atoms with Crippen LogP contribution in [0.1, 0.15) is 28.5 Å². The molecule has 0 amide bonds. The van der Waals surface area contributed by atoms with E-state index in [-0.39, 0.29) is 16.5 Å². The van der Waals surface area contributed by atoms with Gasteiger partial charge in [-0.15, -0.1) is 0 Å². The monoisotopic (exact) mass is 334 g/mol. The van der Waals surface area contributed by atoms with E-state index in [1.165, 1.54) is 13.0 Å². The van der Waals surface area contributed by atoms with Gasteiger partial charge in [-0.2, -0.15) is 17.5 Å². The number of nitrogens with one attached hydrogen (secondary N) is 1. The van der Waals surface area contributed by atoms with E-state index in [4.69, 9.17) is 11.6 Å². The zero-order valence-electron chi connectivity index (χ0n) is 11.0. The Kier molecular flexibility index (Phi) is 4.25. The highest BCUT2D eigenvalue weighted by molar-refractivity contribution is 7.10. The van der Waals surface area contributed by atoms with Crippen molar-refractivity contribution >= 4 is 39.6 Å². The van der Waals surface area contributed by atoms with E-state index in [0.29, 0.717) is 16.3 Å². The van der Waals surface area contributed by atoms with Crippen molar-refractivity contribution in [1.82, 2.24) is 4.37 Å².